The molecule has 1 rings (SSSR count). The van der Waals surface area contributed by atoms with E-state index in [1.807, 2.05) is 0 Å². The van der Waals surface area contributed by atoms with Crippen LogP contribution in [0.5, 0.6) is 0 Å². The predicted molar refractivity (Wildman–Crippen MR) is 73.3 cm³/mol. The molecule has 18 heavy (non-hydrogen) atoms. The summed E-state index contributed by atoms with van der Waals surface area (Å²) in [6, 6.07) is 0.172. The number of hydrogen-bond acceptors (Lipinski definition) is 3. The molecule has 0 spiro atoms. The molecule has 1 amide bonds. The topological polar surface area (TPSA) is 64.4 Å². The summed E-state index contributed by atoms with van der Waals surface area (Å²) in [6.07, 6.45) is 5.78. The van der Waals surface area contributed by atoms with Crippen LogP contribution in [0.1, 0.15) is 52.4 Å². The third kappa shape index (κ3) is 3.95. The van der Waals surface area contributed by atoms with Gasteiger partial charge in [-0.25, -0.2) is 0 Å². The Morgan fingerprint density at radius 2 is 2.06 bits per heavy atom. The van der Waals surface area contributed by atoms with Crippen molar-refractivity contribution >= 4 is 5.91 Å². The summed E-state index contributed by atoms with van der Waals surface area (Å²) in [4.78, 5) is 12.5. The van der Waals surface area contributed by atoms with Crippen LogP contribution in [-0.2, 0) is 9.53 Å². The van der Waals surface area contributed by atoms with Gasteiger partial charge in [0.2, 0.25) is 5.91 Å². The van der Waals surface area contributed by atoms with Crippen LogP contribution in [0.15, 0.2) is 0 Å². The van der Waals surface area contributed by atoms with E-state index in [1.54, 1.807) is 0 Å². The number of nitrogens with one attached hydrogen (secondary N) is 1. The molecule has 1 atom stereocenters. The van der Waals surface area contributed by atoms with Gasteiger partial charge in [0.1, 0.15) is 0 Å². The van der Waals surface area contributed by atoms with E-state index in [0.717, 1.165) is 45.1 Å². The fourth-order valence-corrected chi connectivity index (χ4v) is 2.80. The fraction of sp³-hybridized carbons (Fsp3) is 0.929. The van der Waals surface area contributed by atoms with Gasteiger partial charge in [0.25, 0.3) is 0 Å². The molecule has 0 saturated carbocycles. The van der Waals surface area contributed by atoms with Crippen LogP contribution in [-0.4, -0.2) is 31.7 Å². The van der Waals surface area contributed by atoms with E-state index in [1.165, 1.54) is 0 Å². The van der Waals surface area contributed by atoms with Crippen LogP contribution >= 0.6 is 0 Å². The molecule has 1 heterocycles. The Morgan fingerprint density at radius 1 is 1.39 bits per heavy atom. The quantitative estimate of drug-likeness (QED) is 0.730. The highest BCUT2D eigenvalue weighted by Crippen LogP contribution is 2.29. The minimum Gasteiger partial charge on any atom is -0.379 e. The lowest BCUT2D eigenvalue weighted by atomic mass is 9.78. The van der Waals surface area contributed by atoms with E-state index in [0.29, 0.717) is 13.2 Å². The number of nitrogens with two attached hydrogens (primary N) is 1. The highest BCUT2D eigenvalue weighted by molar-refractivity contribution is 5.83. The highest BCUT2D eigenvalue weighted by atomic mass is 16.5. The van der Waals surface area contributed by atoms with E-state index in [9.17, 15) is 4.79 Å². The SMILES string of the molecule is CCCC(CN)(CCC)C(=O)NC1CCCOC1. The van der Waals surface area contributed by atoms with Crippen LogP contribution in [0.25, 0.3) is 0 Å². The molecular formula is C14H28N2O2. The van der Waals surface area contributed by atoms with E-state index in [-0.39, 0.29) is 17.4 Å². The molecule has 1 aliphatic heterocycles. The van der Waals surface area contributed by atoms with E-state index < -0.39 is 0 Å². The highest BCUT2D eigenvalue weighted by Gasteiger charge is 2.36. The van der Waals surface area contributed by atoms with E-state index in [4.69, 9.17) is 10.5 Å². The summed E-state index contributed by atoms with van der Waals surface area (Å²) < 4.78 is 5.40. The van der Waals surface area contributed by atoms with Gasteiger partial charge < -0.3 is 15.8 Å². The van der Waals surface area contributed by atoms with Crippen LogP contribution in [0, 0.1) is 5.41 Å². The van der Waals surface area contributed by atoms with Crippen molar-refractivity contribution in [2.24, 2.45) is 11.1 Å². The van der Waals surface area contributed by atoms with Crippen LogP contribution in [0.2, 0.25) is 0 Å². The molecule has 1 unspecified atom stereocenters. The lowest BCUT2D eigenvalue weighted by molar-refractivity contribution is -0.133. The molecule has 0 aromatic carbocycles. The summed E-state index contributed by atoms with van der Waals surface area (Å²) in [5, 5.41) is 3.14. The van der Waals surface area contributed by atoms with Crippen molar-refractivity contribution in [1.82, 2.24) is 5.32 Å². The number of rotatable bonds is 7. The lowest BCUT2D eigenvalue weighted by Crippen LogP contribution is -2.51. The van der Waals surface area contributed by atoms with Crippen molar-refractivity contribution < 1.29 is 9.53 Å². The zero-order valence-corrected chi connectivity index (χ0v) is 11.8. The van der Waals surface area contributed by atoms with Gasteiger partial charge in [-0.15, -0.1) is 0 Å². The molecule has 1 aliphatic rings. The number of carbonyl (C=O) groups is 1. The molecule has 0 aliphatic carbocycles. The Bertz CT molecular complexity index is 244. The first-order valence-corrected chi connectivity index (χ1v) is 7.27. The first kappa shape index (κ1) is 15.4. The molecule has 106 valence electrons. The van der Waals surface area contributed by atoms with Gasteiger partial charge in [0.15, 0.2) is 0 Å². The van der Waals surface area contributed by atoms with Crippen molar-refractivity contribution in [2.45, 2.75) is 58.4 Å². The standard InChI is InChI=1S/C14H28N2O2/c1-3-7-14(11-15,8-4-2)13(17)16-12-6-5-9-18-10-12/h12H,3-11,15H2,1-2H3,(H,16,17). The molecule has 0 aromatic rings. The number of ether oxygens (including phenoxy) is 1. The number of amides is 1. The first-order chi connectivity index (χ1) is 8.68. The van der Waals surface area contributed by atoms with Gasteiger partial charge in [0, 0.05) is 13.2 Å². The number of carbonyl (C=O) groups excluding carboxylic acids is 1. The van der Waals surface area contributed by atoms with E-state index >= 15 is 0 Å². The molecule has 0 radical (unpaired) electrons. The largest absolute Gasteiger partial charge is 0.379 e. The Labute approximate surface area is 111 Å². The van der Waals surface area contributed by atoms with Gasteiger partial charge in [-0.1, -0.05) is 26.7 Å². The molecule has 3 N–H and O–H groups in total. The maximum Gasteiger partial charge on any atom is 0.227 e. The fourth-order valence-electron chi connectivity index (χ4n) is 2.80. The van der Waals surface area contributed by atoms with E-state index in [2.05, 4.69) is 19.2 Å². The van der Waals surface area contributed by atoms with Gasteiger partial charge in [0.05, 0.1) is 18.1 Å². The average Bonchev–Trinajstić information content (AvgIpc) is 2.39. The molecule has 4 nitrogen and oxygen atoms in total. The third-order valence-corrected chi connectivity index (χ3v) is 3.83. The van der Waals surface area contributed by atoms with Crippen molar-refractivity contribution in [3.05, 3.63) is 0 Å². The second kappa shape index (κ2) is 7.74. The molecule has 0 bridgehead atoms. The van der Waals surface area contributed by atoms with Crippen molar-refractivity contribution in [3.63, 3.8) is 0 Å². The van der Waals surface area contributed by atoms with Crippen LogP contribution in [0.3, 0.4) is 0 Å². The normalized spacial score (nSPS) is 20.7. The van der Waals surface area contributed by atoms with Crippen molar-refractivity contribution in [2.75, 3.05) is 19.8 Å². The summed E-state index contributed by atoms with van der Waals surface area (Å²) >= 11 is 0. The summed E-state index contributed by atoms with van der Waals surface area (Å²) in [6.45, 7) is 6.12. The number of hydrogen-bond donors (Lipinski definition) is 2. The minimum atomic E-state index is -0.374. The van der Waals surface area contributed by atoms with Gasteiger partial charge in [-0.2, -0.15) is 0 Å². The Balaban J connectivity index is 2.62. The molecule has 1 saturated heterocycles. The second-order valence-corrected chi connectivity index (χ2v) is 5.37. The van der Waals surface area contributed by atoms with Gasteiger partial charge in [-0.05, 0) is 25.7 Å². The Kier molecular flexibility index (Phi) is 6.65. The summed E-state index contributed by atoms with van der Waals surface area (Å²) in [5.74, 6) is 0.129. The lowest BCUT2D eigenvalue weighted by Gasteiger charge is -2.33. The summed E-state index contributed by atoms with van der Waals surface area (Å²) in [5.41, 5.74) is 5.52. The average molecular weight is 256 g/mol. The monoisotopic (exact) mass is 256 g/mol. The first-order valence-electron chi connectivity index (χ1n) is 7.27. The second-order valence-electron chi connectivity index (χ2n) is 5.37. The molecule has 4 heteroatoms. The maximum absolute atomic E-state index is 12.5. The van der Waals surface area contributed by atoms with Crippen LogP contribution in [0.4, 0.5) is 0 Å². The predicted octanol–water partition coefficient (Wildman–Crippen LogP) is 1.83. The zero-order chi connectivity index (χ0) is 13.4. The Hall–Kier alpha value is -0.610. The van der Waals surface area contributed by atoms with Gasteiger partial charge in [-0.3, -0.25) is 4.79 Å². The smallest absolute Gasteiger partial charge is 0.227 e. The molecular weight excluding hydrogens is 228 g/mol. The third-order valence-electron chi connectivity index (χ3n) is 3.83. The van der Waals surface area contributed by atoms with Crippen molar-refractivity contribution in [3.8, 4) is 0 Å². The summed E-state index contributed by atoms with van der Waals surface area (Å²) in [7, 11) is 0. The zero-order valence-electron chi connectivity index (χ0n) is 11.8. The Morgan fingerprint density at radius 3 is 2.50 bits per heavy atom. The van der Waals surface area contributed by atoms with Crippen LogP contribution < -0.4 is 11.1 Å². The minimum absolute atomic E-state index is 0.129. The maximum atomic E-state index is 12.5. The molecule has 1 fully saturated rings. The molecule has 0 aromatic heterocycles. The van der Waals surface area contributed by atoms with Gasteiger partial charge >= 0.3 is 0 Å². The van der Waals surface area contributed by atoms with Crippen molar-refractivity contribution in [1.29, 1.82) is 0 Å².